The molecule has 3 N–H and O–H groups in total. The molecule has 148 heavy (non-hydrogen) atoms. The summed E-state index contributed by atoms with van der Waals surface area (Å²) >= 11 is 0. The SMILES string of the molecule is CC(=O)OCCOC(OCCOC(C)=O)O[C@@H]1[C@H](OP(OCCC#N)N(C(C)C)C(C)C)[C@@H](CC[Si](OC2CCCCCCCCCCC2)(O[Si](C)(C)C)O[Si](C)(C)C)O[C@H]1n1ccc(=O)[nH]c1=O.CC[C@H]1O[C@@H](n2ccc(=O)[nH]c2=O)[C@H](OCO[Si](C(C)C)(C(C)C)C(C)C)[C@@H]1OP(OCCC#N)N(C(C)C)C(C)C.CC[C@H]1O[C@@H](n2ccc(=O)[nH]c2=O)[C@H](O[Si](C)(C)C(C)(C)C)[C@@H]1OP(OCCC#N)N(C(C)C)C(C)C. The van der Waals surface area contributed by atoms with Crippen molar-refractivity contribution in [1.29, 1.82) is 15.8 Å². The van der Waals surface area contributed by atoms with E-state index in [2.05, 4.69) is 217 Å². The van der Waals surface area contributed by atoms with Crippen LogP contribution in [-0.4, -0.2) is 253 Å². The second-order valence-corrected chi connectivity index (χ2v) is 70.5. The molecule has 48 heteroatoms. The number of nitrogens with one attached hydrogen (secondary N) is 3. The van der Waals surface area contributed by atoms with Crippen molar-refractivity contribution in [1.82, 2.24) is 42.7 Å². The van der Waals surface area contributed by atoms with Crippen molar-refractivity contribution in [2.75, 3.05) is 53.0 Å². The van der Waals surface area contributed by atoms with Gasteiger partial charge in [-0.15, -0.1) is 0 Å². The predicted octanol–water partition coefficient (Wildman–Crippen LogP) is 19.6. The van der Waals surface area contributed by atoms with Crippen LogP contribution in [0.25, 0.3) is 0 Å². The molecule has 846 valence electrons. The van der Waals surface area contributed by atoms with Gasteiger partial charge in [-0.25, -0.2) is 28.4 Å². The minimum atomic E-state index is -3.57. The maximum Gasteiger partial charge on any atom is 0.480 e. The van der Waals surface area contributed by atoms with Crippen molar-refractivity contribution in [2.24, 2.45) is 0 Å². The first-order chi connectivity index (χ1) is 69.4. The lowest BCUT2D eigenvalue weighted by Crippen LogP contribution is -2.58. The van der Waals surface area contributed by atoms with Crippen LogP contribution >= 0.6 is 25.6 Å². The Morgan fingerprint density at radius 3 is 1.09 bits per heavy atom. The Morgan fingerprint density at radius 2 is 0.777 bits per heavy atom. The lowest BCUT2D eigenvalue weighted by molar-refractivity contribution is -0.320. The van der Waals surface area contributed by atoms with Crippen LogP contribution in [0.2, 0.25) is 80.1 Å². The topological polar surface area (TPSA) is 464 Å². The van der Waals surface area contributed by atoms with Crippen molar-refractivity contribution in [3.05, 3.63) is 99.3 Å². The highest BCUT2D eigenvalue weighted by Crippen LogP contribution is 2.56. The molecule has 0 radical (unpaired) electrons. The predicted molar refractivity (Wildman–Crippen MR) is 584 cm³/mol. The fourth-order valence-corrected chi connectivity index (χ4v) is 41.3. The van der Waals surface area contributed by atoms with Gasteiger partial charge in [0.2, 0.25) is 8.32 Å². The highest BCUT2D eigenvalue weighted by Gasteiger charge is 2.58. The van der Waals surface area contributed by atoms with Crippen LogP contribution in [0.4, 0.5) is 0 Å². The van der Waals surface area contributed by atoms with E-state index >= 15 is 0 Å². The van der Waals surface area contributed by atoms with Crippen molar-refractivity contribution in [2.45, 2.75) is 485 Å². The molecule has 0 spiro atoms. The van der Waals surface area contributed by atoms with Crippen LogP contribution < -0.4 is 33.7 Å². The van der Waals surface area contributed by atoms with E-state index in [1.54, 1.807) is 0 Å². The van der Waals surface area contributed by atoms with Gasteiger partial charge in [-0.2, -0.15) is 15.8 Å². The summed E-state index contributed by atoms with van der Waals surface area (Å²) in [4.78, 5) is 106. The second kappa shape index (κ2) is 64.6. The summed E-state index contributed by atoms with van der Waals surface area (Å²) in [6.45, 7) is 66.7. The van der Waals surface area contributed by atoms with Crippen molar-refractivity contribution in [3.63, 3.8) is 0 Å². The molecule has 15 atom stereocenters. The summed E-state index contributed by atoms with van der Waals surface area (Å²) in [6.07, 6.45) is 9.35. The third-order valence-corrected chi connectivity index (χ3v) is 51.7. The van der Waals surface area contributed by atoms with E-state index in [4.69, 9.17) is 102 Å². The summed E-state index contributed by atoms with van der Waals surface area (Å²) in [5.41, 5.74) is -2.40. The Balaban J connectivity index is 0.000000417. The summed E-state index contributed by atoms with van der Waals surface area (Å²) < 4.78 is 141. The van der Waals surface area contributed by atoms with E-state index in [0.717, 1.165) is 38.5 Å². The Labute approximate surface area is 889 Å². The second-order valence-electron chi connectivity index (χ2n) is 43.9. The number of carbonyl (C=O) groups excluding carboxylic acids is 2. The highest BCUT2D eigenvalue weighted by atomic mass is 31.2. The molecule has 0 amide bonds. The molecular formula is C100H183N12O28P3Si5. The summed E-state index contributed by atoms with van der Waals surface area (Å²) in [6, 6.07) is 10.9. The zero-order valence-electron chi connectivity index (χ0n) is 94.9. The maximum atomic E-state index is 13.8. The smallest absolute Gasteiger partial charge is 0.463 e. The molecule has 7 rings (SSSR count). The Bertz CT molecular complexity index is 4810. The summed E-state index contributed by atoms with van der Waals surface area (Å²) in [5, 5.41) is 27.7. The van der Waals surface area contributed by atoms with Gasteiger partial charge in [-0.05, 0) is 189 Å². The van der Waals surface area contributed by atoms with Crippen LogP contribution in [0.15, 0.2) is 65.6 Å². The molecule has 40 nitrogen and oxygen atoms in total. The molecule has 4 fully saturated rings. The number of carbonyl (C=O) groups is 2. The Morgan fingerprint density at radius 1 is 0.453 bits per heavy atom. The number of hydrogen-bond acceptors (Lipinski definition) is 34. The number of ether oxygens (including phenoxy) is 9. The van der Waals surface area contributed by atoms with E-state index in [9.17, 15) is 43.6 Å². The summed E-state index contributed by atoms with van der Waals surface area (Å²) in [5.74, 6) is -1.03. The van der Waals surface area contributed by atoms with Gasteiger partial charge < -0.3 is 91.3 Å². The average molecular weight is 2230 g/mol. The number of esters is 2. The third kappa shape index (κ3) is 42.5. The average Bonchev–Trinajstić information content (AvgIpc) is 1.63. The molecule has 4 aliphatic rings. The van der Waals surface area contributed by atoms with Crippen molar-refractivity contribution < 1.29 is 101 Å². The van der Waals surface area contributed by atoms with Gasteiger partial charge in [0.1, 0.15) is 56.6 Å². The normalized spacial score (nSPS) is 22.0. The molecule has 0 bridgehead atoms. The number of nitriles is 3. The molecule has 3 saturated heterocycles. The Hall–Kier alpha value is -5.02. The van der Waals surface area contributed by atoms with Crippen LogP contribution in [0.5, 0.6) is 0 Å². The fraction of sp³-hybridized carbons (Fsp3) is 0.830. The van der Waals surface area contributed by atoms with E-state index < -0.39 is 187 Å². The first kappa shape index (κ1) is 133. The molecule has 6 heterocycles. The third-order valence-electron chi connectivity index (χ3n) is 25.8. The van der Waals surface area contributed by atoms with Crippen LogP contribution in [-0.2, 0) is 101 Å². The quantitative estimate of drug-likeness (QED) is 0.0155. The van der Waals surface area contributed by atoms with Gasteiger partial charge in [0.25, 0.3) is 48.7 Å². The molecule has 1 aliphatic carbocycles. The monoisotopic (exact) mass is 2230 g/mol. The van der Waals surface area contributed by atoms with E-state index in [-0.39, 0.29) is 132 Å². The molecule has 3 aromatic rings. The molecule has 1 saturated carbocycles. The largest absolute Gasteiger partial charge is 0.480 e. The number of rotatable bonds is 57. The number of aromatic amines is 3. The van der Waals surface area contributed by atoms with Crippen LogP contribution in [0.1, 0.15) is 301 Å². The van der Waals surface area contributed by atoms with Gasteiger partial charge in [0, 0.05) is 99.0 Å². The molecule has 3 aromatic heterocycles. The Kier molecular flexibility index (Phi) is 58.3. The van der Waals surface area contributed by atoms with E-state index in [1.165, 1.54) is 96.4 Å². The number of hydrogen-bond donors (Lipinski definition) is 3. The van der Waals surface area contributed by atoms with Crippen molar-refractivity contribution in [3.8, 4) is 18.2 Å². The zero-order chi connectivity index (χ0) is 111. The van der Waals surface area contributed by atoms with E-state index in [1.807, 2.05) is 41.5 Å². The van der Waals surface area contributed by atoms with Gasteiger partial charge in [-0.1, -0.05) is 134 Å². The van der Waals surface area contributed by atoms with Crippen LogP contribution in [0.3, 0.4) is 0 Å². The molecular weight excluding hydrogens is 2050 g/mol. The molecule has 3 aliphatic heterocycles. The van der Waals surface area contributed by atoms with Gasteiger partial charge in [0.05, 0.1) is 88.8 Å². The fourth-order valence-electron chi connectivity index (χ4n) is 18.7. The lowest BCUT2D eigenvalue weighted by Gasteiger charge is -2.42. The van der Waals surface area contributed by atoms with Gasteiger partial charge in [0.15, 0.2) is 43.6 Å². The molecule has 0 aromatic carbocycles. The number of nitrogens with zero attached hydrogens (tertiary/aromatic N) is 9. The van der Waals surface area contributed by atoms with Crippen molar-refractivity contribution >= 4 is 79.6 Å². The lowest BCUT2D eigenvalue weighted by atomic mass is 10.00. The van der Waals surface area contributed by atoms with Gasteiger partial charge >= 0.3 is 37.8 Å². The maximum absolute atomic E-state index is 13.8. The minimum absolute atomic E-state index is 0.0188. The standard InChI is InChI=1S/C46H85N4O15PSi3.C29H53N4O7PSi.C25H45N4O6PSi/c1-35(2)50(36(3)4)66(59-29-22-27-47)62-42-40(26-34-69(64-67(7,8)9,65-68(10,11)12)63-39-23-20-18-16-14-13-15-17-19-21-24-39)60-44(49-28-25-41(53)48-45(49)54)43(42)61-46(57-32-30-55-37(5)51)58-33-31-56-38(6)52;1-12-24-26(40-41(37-17-13-15-30)33(19(2)3)20(4)5)27(28(39-24)32-16-14-25(34)31-29(32)35)36-18-38-42(21(6)7,22(8)9)23(10)11;1-11-19-21(34-36(32-16-12-14-26)29(17(2)3)18(4)5)22(35-37(9,10)25(6,7)8)23(33-19)28-15-13-20(30)27-24(28)31/h25,28,35-36,39-40,42-44,46H,13-24,26,29-34H2,1-12H3,(H,48,53,54);14,16,19-24,26-28H,12-13,17-18H2,1-11H3,(H,31,34,35);13,15,17-19,21-23H,11-12,16H2,1-10H3,(H,27,30,31)/t40-,42-,43-,44-,66?;24-,26-,27-,28-,41?;19-,21-,22-,23-,36?/m111/s1. The van der Waals surface area contributed by atoms with Gasteiger partial charge in [-0.3, -0.25) is 52.6 Å². The minimum Gasteiger partial charge on any atom is -0.463 e. The first-order valence-electron chi connectivity index (χ1n) is 53.2. The number of H-pyrrole nitrogens is 3. The molecule has 3 unspecified atom stereocenters. The zero-order valence-corrected chi connectivity index (χ0v) is 103. The summed E-state index contributed by atoms with van der Waals surface area (Å²) in [7, 11) is -18.0. The van der Waals surface area contributed by atoms with E-state index in [0.29, 0.717) is 35.5 Å². The van der Waals surface area contributed by atoms with Crippen LogP contribution in [0, 0.1) is 34.0 Å². The first-order valence-corrected chi connectivity index (χ1v) is 70.4. The highest BCUT2D eigenvalue weighted by molar-refractivity contribution is 7.45. The number of aromatic nitrogens is 6.